The molecule has 1 aliphatic heterocycles. The van der Waals surface area contributed by atoms with Crippen LogP contribution in [-0.2, 0) is 28.6 Å². The minimum absolute atomic E-state index is 0.00934. The monoisotopic (exact) mass is 439 g/mol. The van der Waals surface area contributed by atoms with E-state index in [1.165, 1.54) is 46.0 Å². The first-order valence-corrected chi connectivity index (χ1v) is 11.6. The summed E-state index contributed by atoms with van der Waals surface area (Å²) in [4.78, 5) is 36.8. The summed E-state index contributed by atoms with van der Waals surface area (Å²) in [6.45, 7) is 11.8. The lowest BCUT2D eigenvalue weighted by Crippen LogP contribution is -2.37. The zero-order valence-electron chi connectivity index (χ0n) is 19.8. The molecule has 1 heterocycles. The molecule has 0 aromatic heterocycles. The van der Waals surface area contributed by atoms with Gasteiger partial charge in [0.1, 0.15) is 12.7 Å². The van der Waals surface area contributed by atoms with Crippen molar-refractivity contribution in [1.29, 1.82) is 0 Å². The van der Waals surface area contributed by atoms with Crippen molar-refractivity contribution in [2.24, 2.45) is 5.92 Å². The zero-order valence-corrected chi connectivity index (χ0v) is 19.8. The summed E-state index contributed by atoms with van der Waals surface area (Å²) >= 11 is 0. The van der Waals surface area contributed by atoms with Gasteiger partial charge in [0.25, 0.3) is 0 Å². The number of hydrogen-bond acceptors (Lipinski definition) is 6. The number of likely N-dealkylation sites (tertiary alicyclic amines) is 1. The molecular formula is C24H41NO6. The molecule has 0 aromatic carbocycles. The van der Waals surface area contributed by atoms with Crippen LogP contribution in [0.4, 0.5) is 0 Å². The molecule has 3 atom stereocenters. The fourth-order valence-electron chi connectivity index (χ4n) is 3.76. The molecule has 7 nitrogen and oxygen atoms in total. The Morgan fingerprint density at radius 1 is 1.06 bits per heavy atom. The van der Waals surface area contributed by atoms with Gasteiger partial charge in [0.2, 0.25) is 5.91 Å². The molecule has 3 unspecified atom stereocenters. The molecule has 178 valence electrons. The number of nitrogens with zero attached hydrogens (tertiary/aromatic N) is 1. The Morgan fingerprint density at radius 2 is 1.74 bits per heavy atom. The predicted molar refractivity (Wildman–Crippen MR) is 119 cm³/mol. The number of amides is 1. The lowest BCUT2D eigenvalue weighted by Gasteiger charge is -2.22. The van der Waals surface area contributed by atoms with Crippen LogP contribution in [0.15, 0.2) is 12.3 Å². The van der Waals surface area contributed by atoms with E-state index >= 15 is 0 Å². The van der Waals surface area contributed by atoms with Crippen LogP contribution in [0.1, 0.15) is 85.5 Å². The van der Waals surface area contributed by atoms with Gasteiger partial charge < -0.3 is 19.1 Å². The summed E-state index contributed by atoms with van der Waals surface area (Å²) < 4.78 is 16.3. The van der Waals surface area contributed by atoms with Gasteiger partial charge in [-0.1, -0.05) is 52.5 Å². The number of rotatable bonds is 15. The first-order chi connectivity index (χ1) is 14.7. The van der Waals surface area contributed by atoms with Gasteiger partial charge in [-0.3, -0.25) is 14.4 Å². The van der Waals surface area contributed by atoms with Crippen molar-refractivity contribution in [3.05, 3.63) is 12.3 Å². The summed E-state index contributed by atoms with van der Waals surface area (Å²) in [5.74, 6) is -0.0400. The SMILES string of the molecule is C=C(CCCCCCCC)OCC(C)CC(=O)OCC1CC(OC(C)=O)CN1C(C)=O. The molecule has 1 aliphatic rings. The average molecular weight is 440 g/mol. The number of carbonyl (C=O) groups is 3. The van der Waals surface area contributed by atoms with E-state index in [2.05, 4.69) is 13.5 Å². The number of esters is 2. The van der Waals surface area contributed by atoms with Crippen molar-refractivity contribution in [2.75, 3.05) is 19.8 Å². The van der Waals surface area contributed by atoms with E-state index in [0.29, 0.717) is 19.6 Å². The maximum atomic E-state index is 12.2. The van der Waals surface area contributed by atoms with Gasteiger partial charge in [-0.05, 0) is 6.42 Å². The van der Waals surface area contributed by atoms with E-state index in [1.807, 2.05) is 6.92 Å². The maximum Gasteiger partial charge on any atom is 0.306 e. The minimum Gasteiger partial charge on any atom is -0.498 e. The highest BCUT2D eigenvalue weighted by Crippen LogP contribution is 2.21. The zero-order chi connectivity index (χ0) is 23.2. The highest BCUT2D eigenvalue weighted by atomic mass is 16.5. The van der Waals surface area contributed by atoms with Crippen LogP contribution >= 0.6 is 0 Å². The lowest BCUT2D eigenvalue weighted by molar-refractivity contribution is -0.148. The first-order valence-electron chi connectivity index (χ1n) is 11.6. The van der Waals surface area contributed by atoms with Crippen LogP contribution < -0.4 is 0 Å². The van der Waals surface area contributed by atoms with Crippen molar-refractivity contribution in [2.45, 2.75) is 97.6 Å². The van der Waals surface area contributed by atoms with Crippen LogP contribution in [-0.4, -0.2) is 54.7 Å². The molecule has 1 fully saturated rings. The Morgan fingerprint density at radius 3 is 2.39 bits per heavy atom. The van der Waals surface area contributed by atoms with E-state index < -0.39 is 0 Å². The number of ether oxygens (including phenoxy) is 3. The highest BCUT2D eigenvalue weighted by Gasteiger charge is 2.36. The summed E-state index contributed by atoms with van der Waals surface area (Å²) in [6, 6.07) is -0.269. The maximum absolute atomic E-state index is 12.2. The van der Waals surface area contributed by atoms with Crippen LogP contribution in [0.3, 0.4) is 0 Å². The molecule has 0 spiro atoms. The van der Waals surface area contributed by atoms with Gasteiger partial charge >= 0.3 is 11.9 Å². The summed E-state index contributed by atoms with van der Waals surface area (Å²) in [7, 11) is 0. The lowest BCUT2D eigenvalue weighted by atomic mass is 10.1. The molecule has 0 aliphatic carbocycles. The standard InChI is InChI=1S/C24H41NO6/c1-6-7-8-9-10-11-12-19(3)29-16-18(2)13-24(28)30-17-22-14-23(31-21(5)27)15-25(22)20(4)26/h18,22-23H,3,6-17H2,1-2,4-5H3. The topological polar surface area (TPSA) is 82.1 Å². The minimum atomic E-state index is -0.377. The summed E-state index contributed by atoms with van der Waals surface area (Å²) in [5.41, 5.74) is 0. The van der Waals surface area contributed by atoms with Gasteiger partial charge in [-0.2, -0.15) is 0 Å². The van der Waals surface area contributed by atoms with Gasteiger partial charge in [0.15, 0.2) is 0 Å². The van der Waals surface area contributed by atoms with E-state index in [1.54, 1.807) is 4.90 Å². The fourth-order valence-corrected chi connectivity index (χ4v) is 3.76. The highest BCUT2D eigenvalue weighted by molar-refractivity contribution is 5.74. The van der Waals surface area contributed by atoms with Gasteiger partial charge in [0, 0.05) is 32.6 Å². The second-order valence-electron chi connectivity index (χ2n) is 8.65. The van der Waals surface area contributed by atoms with Gasteiger partial charge in [0.05, 0.1) is 31.4 Å². The number of hydrogen-bond donors (Lipinski definition) is 0. The van der Waals surface area contributed by atoms with Crippen LogP contribution in [0.25, 0.3) is 0 Å². The molecule has 7 heteroatoms. The van der Waals surface area contributed by atoms with Crippen molar-refractivity contribution in [1.82, 2.24) is 4.90 Å². The summed E-state index contributed by atoms with van der Waals surface area (Å²) in [6.07, 6.45) is 8.60. The van der Waals surface area contributed by atoms with E-state index in [-0.39, 0.29) is 48.9 Å². The fraction of sp³-hybridized carbons (Fsp3) is 0.792. The quantitative estimate of drug-likeness (QED) is 0.214. The third kappa shape index (κ3) is 11.8. The van der Waals surface area contributed by atoms with Crippen LogP contribution in [0.2, 0.25) is 0 Å². The third-order valence-electron chi connectivity index (χ3n) is 5.45. The molecule has 0 radical (unpaired) electrons. The van der Waals surface area contributed by atoms with Crippen molar-refractivity contribution in [3.8, 4) is 0 Å². The Kier molecular flexibility index (Phi) is 12.9. The van der Waals surface area contributed by atoms with E-state index in [9.17, 15) is 14.4 Å². The first kappa shape index (κ1) is 27.0. The second kappa shape index (κ2) is 14.9. The normalized spacial score (nSPS) is 19.0. The molecule has 31 heavy (non-hydrogen) atoms. The Hall–Kier alpha value is -2.05. The number of unbranched alkanes of at least 4 members (excludes halogenated alkanes) is 5. The molecule has 0 N–H and O–H groups in total. The van der Waals surface area contributed by atoms with Gasteiger partial charge in [-0.25, -0.2) is 0 Å². The summed E-state index contributed by atoms with van der Waals surface area (Å²) in [5, 5.41) is 0. The van der Waals surface area contributed by atoms with E-state index in [0.717, 1.165) is 18.6 Å². The Balaban J connectivity index is 2.23. The van der Waals surface area contributed by atoms with E-state index in [4.69, 9.17) is 14.2 Å². The molecule has 1 rings (SSSR count). The molecular weight excluding hydrogens is 398 g/mol. The smallest absolute Gasteiger partial charge is 0.306 e. The molecule has 0 aromatic rings. The molecule has 1 amide bonds. The van der Waals surface area contributed by atoms with Crippen LogP contribution in [0, 0.1) is 5.92 Å². The Bertz CT molecular complexity index is 591. The molecule has 1 saturated heterocycles. The Labute approximate surface area is 187 Å². The van der Waals surface area contributed by atoms with Crippen LogP contribution in [0.5, 0.6) is 0 Å². The van der Waals surface area contributed by atoms with Gasteiger partial charge in [-0.15, -0.1) is 0 Å². The number of carbonyl (C=O) groups excluding carboxylic acids is 3. The van der Waals surface area contributed by atoms with Crippen molar-refractivity contribution in [3.63, 3.8) is 0 Å². The number of allylic oxidation sites excluding steroid dienone is 1. The average Bonchev–Trinajstić information content (AvgIpc) is 3.09. The largest absolute Gasteiger partial charge is 0.498 e. The van der Waals surface area contributed by atoms with Crippen molar-refractivity contribution >= 4 is 17.8 Å². The van der Waals surface area contributed by atoms with Crippen molar-refractivity contribution < 1.29 is 28.6 Å². The third-order valence-corrected chi connectivity index (χ3v) is 5.45. The molecule has 0 saturated carbocycles. The predicted octanol–water partition coefficient (Wildman–Crippen LogP) is 4.39. The molecule has 0 bridgehead atoms. The second-order valence-corrected chi connectivity index (χ2v) is 8.65.